The summed E-state index contributed by atoms with van der Waals surface area (Å²) < 4.78 is 33.8. The molecule has 0 fully saturated rings. The highest BCUT2D eigenvalue weighted by molar-refractivity contribution is 7.45. The summed E-state index contributed by atoms with van der Waals surface area (Å²) >= 11 is 0. The highest BCUT2D eigenvalue weighted by atomic mass is 31.2. The van der Waals surface area contributed by atoms with Gasteiger partial charge in [0.15, 0.2) is 6.10 Å². The van der Waals surface area contributed by atoms with Crippen LogP contribution in [0.1, 0.15) is 168 Å². The van der Waals surface area contributed by atoms with E-state index in [9.17, 15) is 19.0 Å². The van der Waals surface area contributed by atoms with Crippen LogP contribution in [0.3, 0.4) is 0 Å². The Morgan fingerprint density at radius 2 is 1.00 bits per heavy atom. The summed E-state index contributed by atoms with van der Waals surface area (Å²) in [5.74, 6) is -0.887. The van der Waals surface area contributed by atoms with Crippen LogP contribution >= 0.6 is 7.82 Å². The van der Waals surface area contributed by atoms with E-state index in [1.165, 1.54) is 70.6 Å². The minimum Gasteiger partial charge on any atom is -0.756 e. The Labute approximate surface area is 331 Å². The smallest absolute Gasteiger partial charge is 0.306 e. The van der Waals surface area contributed by atoms with Gasteiger partial charge in [0.25, 0.3) is 7.82 Å². The lowest BCUT2D eigenvalue weighted by molar-refractivity contribution is -0.870. The van der Waals surface area contributed by atoms with Gasteiger partial charge in [0.2, 0.25) is 0 Å². The maximum atomic E-state index is 12.6. The second-order valence-electron chi connectivity index (χ2n) is 15.3. The van der Waals surface area contributed by atoms with Crippen molar-refractivity contribution in [1.82, 2.24) is 0 Å². The van der Waals surface area contributed by atoms with Gasteiger partial charge in [-0.1, -0.05) is 127 Å². The van der Waals surface area contributed by atoms with Gasteiger partial charge in [-0.25, -0.2) is 0 Å². The molecule has 0 saturated heterocycles. The van der Waals surface area contributed by atoms with Crippen molar-refractivity contribution < 1.29 is 42.1 Å². The third kappa shape index (κ3) is 39.7. The minimum atomic E-state index is -4.63. The number of hydrogen-bond donors (Lipinski definition) is 0. The van der Waals surface area contributed by atoms with Crippen molar-refractivity contribution in [3.63, 3.8) is 0 Å². The van der Waals surface area contributed by atoms with Crippen molar-refractivity contribution >= 4 is 19.8 Å². The second-order valence-corrected chi connectivity index (χ2v) is 16.8. The Bertz CT molecular complexity index is 1070. The maximum Gasteiger partial charge on any atom is 0.306 e. The van der Waals surface area contributed by atoms with Gasteiger partial charge in [0.1, 0.15) is 19.8 Å². The quantitative estimate of drug-likeness (QED) is 0.0200. The number of ether oxygens (including phenoxy) is 2. The molecule has 0 aromatic rings. The molecule has 0 aromatic heterocycles. The van der Waals surface area contributed by atoms with E-state index in [-0.39, 0.29) is 26.1 Å². The molecule has 0 spiro atoms. The number of rotatable bonds is 38. The van der Waals surface area contributed by atoms with Crippen LogP contribution < -0.4 is 4.89 Å². The highest BCUT2D eigenvalue weighted by Crippen LogP contribution is 2.38. The Hall–Kier alpha value is -2.03. The maximum absolute atomic E-state index is 12.6. The Balaban J connectivity index is 4.46. The Morgan fingerprint density at radius 3 is 1.57 bits per heavy atom. The largest absolute Gasteiger partial charge is 0.756 e. The van der Waals surface area contributed by atoms with Gasteiger partial charge >= 0.3 is 11.9 Å². The monoisotopic (exact) mass is 782 g/mol. The second kappa shape index (κ2) is 36.6. The average molecular weight is 782 g/mol. The first-order valence-electron chi connectivity index (χ1n) is 21.3. The molecule has 0 aliphatic rings. The molecule has 10 heteroatoms. The molecule has 0 amide bonds. The first-order valence-corrected chi connectivity index (χ1v) is 22.8. The standard InChI is InChI=1S/C44H80NO8P/c1-6-8-10-12-14-16-18-20-22-24-26-28-30-32-34-36-43(46)50-40-42(41-52-54(48,49)51-39-38-45(3,4)5)53-44(47)37-35-33-31-29-27-25-23-21-19-17-15-13-11-9-7-2/h14,16-17,19-20,22,26,28,42H,6-13,15,18,21,23-25,27,29-41H2,1-5H3/b16-14-,19-17-,22-20-,28-26-/t42-/m1/s1. The lowest BCUT2D eigenvalue weighted by Crippen LogP contribution is -2.37. The van der Waals surface area contributed by atoms with Crippen LogP contribution in [0.25, 0.3) is 0 Å². The molecule has 9 nitrogen and oxygen atoms in total. The fraction of sp³-hybridized carbons (Fsp3) is 0.773. The van der Waals surface area contributed by atoms with Crippen LogP contribution in [0.5, 0.6) is 0 Å². The third-order valence-corrected chi connectivity index (χ3v) is 9.79. The van der Waals surface area contributed by atoms with E-state index >= 15 is 0 Å². The van der Waals surface area contributed by atoms with Crippen LogP contribution in [0.4, 0.5) is 0 Å². The van der Waals surface area contributed by atoms with E-state index in [0.29, 0.717) is 23.9 Å². The molecule has 2 atom stereocenters. The van der Waals surface area contributed by atoms with Crippen LogP contribution in [0, 0.1) is 0 Å². The van der Waals surface area contributed by atoms with E-state index in [0.717, 1.165) is 57.8 Å². The number of phosphoric ester groups is 1. The van der Waals surface area contributed by atoms with Gasteiger partial charge in [-0.3, -0.25) is 14.2 Å². The van der Waals surface area contributed by atoms with Crippen molar-refractivity contribution in [2.75, 3.05) is 47.5 Å². The lowest BCUT2D eigenvalue weighted by Gasteiger charge is -2.28. The van der Waals surface area contributed by atoms with E-state index in [1.807, 2.05) is 21.1 Å². The van der Waals surface area contributed by atoms with Gasteiger partial charge < -0.3 is 27.9 Å². The van der Waals surface area contributed by atoms with Crippen LogP contribution in [0.15, 0.2) is 48.6 Å². The molecule has 0 saturated carbocycles. The predicted molar refractivity (Wildman–Crippen MR) is 222 cm³/mol. The number of carbonyl (C=O) groups is 2. The molecule has 0 aliphatic heterocycles. The van der Waals surface area contributed by atoms with Crippen molar-refractivity contribution in [2.45, 2.75) is 174 Å². The molecule has 0 heterocycles. The molecule has 0 aliphatic carbocycles. The Kier molecular flexibility index (Phi) is 35.2. The van der Waals surface area contributed by atoms with Crippen molar-refractivity contribution in [3.05, 3.63) is 48.6 Å². The van der Waals surface area contributed by atoms with E-state index < -0.39 is 32.5 Å². The molecule has 0 radical (unpaired) electrons. The molecule has 0 rings (SSSR count). The van der Waals surface area contributed by atoms with E-state index in [4.69, 9.17) is 18.5 Å². The molecular formula is C44H80NO8P. The minimum absolute atomic E-state index is 0.0390. The number of likely N-dealkylation sites (N-methyl/N-ethyl adjacent to an activating group) is 1. The molecule has 314 valence electrons. The number of carbonyl (C=O) groups excluding carboxylic acids is 2. The Morgan fingerprint density at radius 1 is 0.574 bits per heavy atom. The predicted octanol–water partition coefficient (Wildman–Crippen LogP) is 11.3. The summed E-state index contributed by atoms with van der Waals surface area (Å²) in [6.07, 6.45) is 41.3. The zero-order valence-electron chi connectivity index (χ0n) is 35.2. The van der Waals surface area contributed by atoms with Crippen LogP contribution in [-0.2, 0) is 32.7 Å². The van der Waals surface area contributed by atoms with Crippen molar-refractivity contribution in [2.24, 2.45) is 0 Å². The third-order valence-electron chi connectivity index (χ3n) is 8.82. The number of esters is 2. The summed E-state index contributed by atoms with van der Waals surface area (Å²) in [6.45, 7) is 4.12. The summed E-state index contributed by atoms with van der Waals surface area (Å²) in [6, 6.07) is 0. The molecular weight excluding hydrogens is 701 g/mol. The molecule has 0 N–H and O–H groups in total. The molecule has 0 bridgehead atoms. The number of nitrogens with zero attached hydrogens (tertiary/aromatic N) is 1. The SMILES string of the molecule is CCCCC/C=C\C/C=C\C/C=C\CCCCC(=O)OC[C@H](COP(=O)([O-])OCC[N+](C)(C)C)OC(=O)CCCCCCCCC/C=C\CCCCCC. The highest BCUT2D eigenvalue weighted by Gasteiger charge is 2.21. The number of quaternary nitrogens is 1. The van der Waals surface area contributed by atoms with Gasteiger partial charge in [-0.15, -0.1) is 0 Å². The van der Waals surface area contributed by atoms with Gasteiger partial charge in [0, 0.05) is 12.8 Å². The normalized spacial score (nSPS) is 14.1. The number of hydrogen-bond acceptors (Lipinski definition) is 8. The average Bonchev–Trinajstić information content (AvgIpc) is 3.12. The molecule has 54 heavy (non-hydrogen) atoms. The van der Waals surface area contributed by atoms with E-state index in [2.05, 4.69) is 62.5 Å². The van der Waals surface area contributed by atoms with Crippen molar-refractivity contribution in [1.29, 1.82) is 0 Å². The molecule has 1 unspecified atom stereocenters. The lowest BCUT2D eigenvalue weighted by atomic mass is 10.1. The fourth-order valence-electron chi connectivity index (χ4n) is 5.42. The van der Waals surface area contributed by atoms with Gasteiger partial charge in [-0.05, 0) is 77.0 Å². The summed E-state index contributed by atoms with van der Waals surface area (Å²) in [7, 11) is 1.14. The summed E-state index contributed by atoms with van der Waals surface area (Å²) in [5, 5.41) is 0. The first kappa shape index (κ1) is 52.0. The van der Waals surface area contributed by atoms with Gasteiger partial charge in [-0.2, -0.15) is 0 Å². The number of phosphoric acid groups is 1. The topological polar surface area (TPSA) is 111 Å². The van der Waals surface area contributed by atoms with Crippen LogP contribution in [-0.4, -0.2) is 70.0 Å². The molecule has 0 aromatic carbocycles. The zero-order chi connectivity index (χ0) is 40.0. The zero-order valence-corrected chi connectivity index (χ0v) is 36.0. The number of unbranched alkanes of at least 4 members (excludes halogenated alkanes) is 16. The summed E-state index contributed by atoms with van der Waals surface area (Å²) in [5.41, 5.74) is 0. The summed E-state index contributed by atoms with van der Waals surface area (Å²) in [4.78, 5) is 37.5. The first-order chi connectivity index (χ1) is 26.0. The van der Waals surface area contributed by atoms with E-state index in [1.54, 1.807) is 0 Å². The van der Waals surface area contributed by atoms with Crippen molar-refractivity contribution in [3.8, 4) is 0 Å². The number of allylic oxidation sites excluding steroid dienone is 8. The fourth-order valence-corrected chi connectivity index (χ4v) is 6.15. The van der Waals surface area contributed by atoms with Gasteiger partial charge in [0.05, 0.1) is 27.7 Å². The van der Waals surface area contributed by atoms with Crippen LogP contribution in [0.2, 0.25) is 0 Å².